The van der Waals surface area contributed by atoms with E-state index >= 15 is 0 Å². The molecule has 0 spiro atoms. The van der Waals surface area contributed by atoms with E-state index in [0.29, 0.717) is 6.42 Å². The molecule has 1 amide bonds. The van der Waals surface area contributed by atoms with Crippen LogP contribution in [0.25, 0.3) is 0 Å². The molecule has 2 rings (SSSR count). The zero-order valence-corrected chi connectivity index (χ0v) is 8.92. The molecular weight excluding hydrogens is 188 g/mol. The predicted molar refractivity (Wildman–Crippen MR) is 60.6 cm³/mol. The molecule has 0 saturated heterocycles. The first-order valence-corrected chi connectivity index (χ1v) is 5.35. The van der Waals surface area contributed by atoms with Gasteiger partial charge in [0.05, 0.1) is 0 Å². The third-order valence-electron chi connectivity index (χ3n) is 2.78. The highest BCUT2D eigenvalue weighted by atomic mass is 16.1. The highest BCUT2D eigenvalue weighted by Gasteiger charge is 2.13. The van der Waals surface area contributed by atoms with Crippen molar-refractivity contribution in [2.45, 2.75) is 32.2 Å². The molecule has 1 aliphatic heterocycles. The fourth-order valence-corrected chi connectivity index (χ4v) is 1.88. The Morgan fingerprint density at radius 1 is 1.40 bits per heavy atom. The first-order valence-electron chi connectivity index (χ1n) is 5.35. The largest absolute Gasteiger partial charge is 0.326 e. The van der Waals surface area contributed by atoms with Gasteiger partial charge in [-0.25, -0.2) is 0 Å². The Hall–Kier alpha value is -1.35. The van der Waals surface area contributed by atoms with Crippen LogP contribution in [0.4, 0.5) is 5.69 Å². The molecule has 3 nitrogen and oxygen atoms in total. The second kappa shape index (κ2) is 4.03. The van der Waals surface area contributed by atoms with Gasteiger partial charge in [0.25, 0.3) is 0 Å². The van der Waals surface area contributed by atoms with Gasteiger partial charge in [0.2, 0.25) is 5.91 Å². The van der Waals surface area contributed by atoms with Crippen LogP contribution in [-0.2, 0) is 11.2 Å². The number of fused-ring (bicyclic) bond motifs is 1. The van der Waals surface area contributed by atoms with Gasteiger partial charge in [-0.05, 0) is 37.0 Å². The fourth-order valence-electron chi connectivity index (χ4n) is 1.88. The van der Waals surface area contributed by atoms with Crippen LogP contribution in [0.2, 0.25) is 0 Å². The number of nitrogens with one attached hydrogen (secondary N) is 1. The zero-order valence-electron chi connectivity index (χ0n) is 8.92. The minimum absolute atomic E-state index is 0.0502. The van der Waals surface area contributed by atoms with Crippen molar-refractivity contribution in [2.24, 2.45) is 5.73 Å². The molecule has 0 aromatic heterocycles. The number of aryl methyl sites for hydroxylation is 1. The van der Waals surface area contributed by atoms with Gasteiger partial charge in [0.15, 0.2) is 0 Å². The lowest BCUT2D eigenvalue weighted by Gasteiger charge is -2.11. The molecule has 1 aromatic carbocycles. The van der Waals surface area contributed by atoms with E-state index in [-0.39, 0.29) is 11.9 Å². The average molecular weight is 204 g/mol. The number of rotatable bonds is 1. The highest BCUT2D eigenvalue weighted by molar-refractivity contribution is 5.92. The summed E-state index contributed by atoms with van der Waals surface area (Å²) in [5, 5.41) is 2.91. The van der Waals surface area contributed by atoms with Crippen molar-refractivity contribution >= 4 is 11.6 Å². The third kappa shape index (κ3) is 2.18. The van der Waals surface area contributed by atoms with Crippen molar-refractivity contribution < 1.29 is 4.79 Å². The molecule has 1 heterocycles. The number of hydrogen-bond donors (Lipinski definition) is 2. The van der Waals surface area contributed by atoms with E-state index in [9.17, 15) is 4.79 Å². The summed E-state index contributed by atoms with van der Waals surface area (Å²) in [5.74, 6) is 0.113. The van der Waals surface area contributed by atoms with E-state index in [2.05, 4.69) is 11.4 Å². The number of carbonyl (C=O) groups is 1. The van der Waals surface area contributed by atoms with Crippen LogP contribution in [-0.4, -0.2) is 5.91 Å². The van der Waals surface area contributed by atoms with Gasteiger partial charge in [-0.15, -0.1) is 0 Å². The van der Waals surface area contributed by atoms with Crippen molar-refractivity contribution in [3.63, 3.8) is 0 Å². The van der Waals surface area contributed by atoms with Crippen molar-refractivity contribution in [1.29, 1.82) is 0 Å². The van der Waals surface area contributed by atoms with Crippen LogP contribution >= 0.6 is 0 Å². The highest BCUT2D eigenvalue weighted by Crippen LogP contribution is 2.24. The van der Waals surface area contributed by atoms with Gasteiger partial charge in [-0.2, -0.15) is 0 Å². The second-order valence-corrected chi connectivity index (χ2v) is 4.11. The van der Waals surface area contributed by atoms with E-state index < -0.39 is 0 Å². The standard InChI is InChI=1S/C12H16N2O/c1-8(13)9-5-6-11-10(7-9)3-2-4-12(15)14-11/h5-8H,2-4,13H2,1H3,(H,14,15)/t8-/m0/s1. The lowest BCUT2D eigenvalue weighted by atomic mass is 10.0. The van der Waals surface area contributed by atoms with Crippen molar-refractivity contribution in [1.82, 2.24) is 0 Å². The molecule has 80 valence electrons. The molecular formula is C12H16N2O. The predicted octanol–water partition coefficient (Wildman–Crippen LogP) is 1.98. The normalized spacial score (nSPS) is 17.6. The van der Waals surface area contributed by atoms with Crippen LogP contribution in [0, 0.1) is 0 Å². The van der Waals surface area contributed by atoms with Crippen LogP contribution in [0.1, 0.15) is 36.9 Å². The molecule has 0 saturated carbocycles. The third-order valence-corrected chi connectivity index (χ3v) is 2.78. The Balaban J connectivity index is 2.35. The number of carbonyl (C=O) groups excluding carboxylic acids is 1. The molecule has 1 atom stereocenters. The lowest BCUT2D eigenvalue weighted by Crippen LogP contribution is -2.10. The Morgan fingerprint density at radius 2 is 2.20 bits per heavy atom. The number of anilines is 1. The van der Waals surface area contributed by atoms with E-state index in [1.165, 1.54) is 5.56 Å². The van der Waals surface area contributed by atoms with Gasteiger partial charge in [-0.3, -0.25) is 4.79 Å². The van der Waals surface area contributed by atoms with Gasteiger partial charge < -0.3 is 11.1 Å². The van der Waals surface area contributed by atoms with Gasteiger partial charge in [0, 0.05) is 18.2 Å². The summed E-state index contributed by atoms with van der Waals surface area (Å²) in [7, 11) is 0. The summed E-state index contributed by atoms with van der Waals surface area (Å²) in [5.41, 5.74) is 9.11. The topological polar surface area (TPSA) is 55.1 Å². The quantitative estimate of drug-likeness (QED) is 0.735. The minimum atomic E-state index is 0.0502. The number of amides is 1. The van der Waals surface area contributed by atoms with Crippen LogP contribution in [0.15, 0.2) is 18.2 Å². The van der Waals surface area contributed by atoms with Gasteiger partial charge in [0.1, 0.15) is 0 Å². The van der Waals surface area contributed by atoms with Gasteiger partial charge >= 0.3 is 0 Å². The van der Waals surface area contributed by atoms with Crippen molar-refractivity contribution in [3.8, 4) is 0 Å². The Bertz CT molecular complexity index is 385. The number of nitrogens with two attached hydrogens (primary N) is 1. The summed E-state index contributed by atoms with van der Waals surface area (Å²) < 4.78 is 0. The average Bonchev–Trinajstić information content (AvgIpc) is 2.37. The first kappa shape index (κ1) is 10.2. The molecule has 3 heteroatoms. The molecule has 0 bridgehead atoms. The van der Waals surface area contributed by atoms with E-state index in [1.807, 2.05) is 19.1 Å². The van der Waals surface area contributed by atoms with Crippen molar-refractivity contribution in [3.05, 3.63) is 29.3 Å². The summed E-state index contributed by atoms with van der Waals surface area (Å²) in [6, 6.07) is 6.09. The lowest BCUT2D eigenvalue weighted by molar-refractivity contribution is -0.116. The molecule has 0 fully saturated rings. The molecule has 1 aliphatic rings. The summed E-state index contributed by atoms with van der Waals surface area (Å²) in [6.45, 7) is 1.97. The Kier molecular flexibility index (Phi) is 2.73. The maximum absolute atomic E-state index is 11.3. The fraction of sp³-hybridized carbons (Fsp3) is 0.417. The second-order valence-electron chi connectivity index (χ2n) is 4.11. The Labute approximate surface area is 89.7 Å². The molecule has 0 unspecified atom stereocenters. The number of hydrogen-bond acceptors (Lipinski definition) is 2. The van der Waals surface area contributed by atoms with E-state index in [0.717, 1.165) is 24.1 Å². The SMILES string of the molecule is C[C@H](N)c1ccc2c(c1)CCCC(=O)N2. The smallest absolute Gasteiger partial charge is 0.224 e. The van der Waals surface area contributed by atoms with E-state index in [4.69, 9.17) is 5.73 Å². The van der Waals surface area contributed by atoms with Crippen LogP contribution < -0.4 is 11.1 Å². The molecule has 3 N–H and O–H groups in total. The van der Waals surface area contributed by atoms with Crippen LogP contribution in [0.5, 0.6) is 0 Å². The monoisotopic (exact) mass is 204 g/mol. The zero-order chi connectivity index (χ0) is 10.8. The summed E-state index contributed by atoms with van der Waals surface area (Å²) >= 11 is 0. The first-order chi connectivity index (χ1) is 7.16. The molecule has 0 radical (unpaired) electrons. The van der Waals surface area contributed by atoms with E-state index in [1.54, 1.807) is 0 Å². The van der Waals surface area contributed by atoms with Gasteiger partial charge in [-0.1, -0.05) is 12.1 Å². The Morgan fingerprint density at radius 3 is 2.93 bits per heavy atom. The molecule has 1 aromatic rings. The number of benzene rings is 1. The molecule has 15 heavy (non-hydrogen) atoms. The van der Waals surface area contributed by atoms with Crippen molar-refractivity contribution in [2.75, 3.05) is 5.32 Å². The minimum Gasteiger partial charge on any atom is -0.326 e. The maximum Gasteiger partial charge on any atom is 0.224 e. The maximum atomic E-state index is 11.3. The molecule has 0 aliphatic carbocycles. The summed E-state index contributed by atoms with van der Waals surface area (Å²) in [6.07, 6.45) is 2.48. The summed E-state index contributed by atoms with van der Waals surface area (Å²) in [4.78, 5) is 11.3. The van der Waals surface area contributed by atoms with Crippen LogP contribution in [0.3, 0.4) is 0 Å².